The summed E-state index contributed by atoms with van der Waals surface area (Å²) in [4.78, 5) is 14.3. The molecule has 0 saturated carbocycles. The Morgan fingerprint density at radius 2 is 2.20 bits per heavy atom. The van der Waals surface area contributed by atoms with Crippen molar-refractivity contribution in [2.24, 2.45) is 0 Å². The van der Waals surface area contributed by atoms with Gasteiger partial charge in [-0.2, -0.15) is 4.39 Å². The quantitative estimate of drug-likeness (QED) is 0.475. The van der Waals surface area contributed by atoms with Gasteiger partial charge in [-0.05, 0) is 22.6 Å². The third kappa shape index (κ3) is 2.39. The summed E-state index contributed by atoms with van der Waals surface area (Å²) in [6.45, 7) is 0. The number of esters is 1. The molecule has 0 atom stereocenters. The van der Waals surface area contributed by atoms with Crippen LogP contribution in [0.25, 0.3) is 0 Å². The molecule has 0 fully saturated rings. The van der Waals surface area contributed by atoms with Crippen LogP contribution in [0.3, 0.4) is 0 Å². The smallest absolute Gasteiger partial charge is 0.339 e. The lowest BCUT2D eigenvalue weighted by atomic mass is 10.1. The zero-order valence-electron chi connectivity index (χ0n) is 7.43. The number of methoxy groups -OCH3 is 1. The van der Waals surface area contributed by atoms with Crippen molar-refractivity contribution in [3.05, 3.63) is 26.8 Å². The molecular weight excluding hydrogens is 326 g/mol. The second kappa shape index (κ2) is 4.77. The minimum Gasteiger partial charge on any atom is -0.465 e. The number of hydrogen-bond acceptors (Lipinski definition) is 3. The maximum atomic E-state index is 12.9. The Kier molecular flexibility index (Phi) is 3.89. The molecule has 0 unspecified atom stereocenters. The first-order chi connectivity index (χ1) is 6.99. The molecule has 1 aromatic rings. The number of ether oxygens (including phenoxy) is 1. The fourth-order valence-corrected chi connectivity index (χ4v) is 1.63. The lowest BCUT2D eigenvalue weighted by Crippen LogP contribution is -2.10. The van der Waals surface area contributed by atoms with Crippen LogP contribution in [0.1, 0.15) is 22.3 Å². The maximum Gasteiger partial charge on any atom is 0.339 e. The van der Waals surface area contributed by atoms with E-state index in [4.69, 9.17) is 0 Å². The van der Waals surface area contributed by atoms with E-state index in [-0.39, 0.29) is 3.57 Å². The molecule has 82 valence electrons. The van der Waals surface area contributed by atoms with Crippen molar-refractivity contribution in [2.75, 3.05) is 7.11 Å². The minimum absolute atomic E-state index is 0.370. The Labute approximate surface area is 96.8 Å². The molecule has 1 aromatic heterocycles. The molecule has 0 aliphatic rings. The van der Waals surface area contributed by atoms with E-state index in [9.17, 15) is 18.0 Å². The largest absolute Gasteiger partial charge is 0.465 e. The molecule has 0 aliphatic heterocycles. The summed E-state index contributed by atoms with van der Waals surface area (Å²) in [6, 6.07) is 0. The summed E-state index contributed by atoms with van der Waals surface area (Å²) in [7, 11) is 1.05. The molecule has 0 bridgehead atoms. The maximum absolute atomic E-state index is 12.9. The normalized spacial score (nSPS) is 10.5. The molecule has 0 N–H and O–H groups in total. The van der Waals surface area contributed by atoms with Gasteiger partial charge in [0.2, 0.25) is 5.95 Å². The molecule has 0 aromatic carbocycles. The Morgan fingerprint density at radius 3 is 2.67 bits per heavy atom. The van der Waals surface area contributed by atoms with Crippen LogP contribution < -0.4 is 0 Å². The van der Waals surface area contributed by atoms with Crippen LogP contribution in [0.2, 0.25) is 0 Å². The topological polar surface area (TPSA) is 39.2 Å². The van der Waals surface area contributed by atoms with Gasteiger partial charge in [-0.3, -0.25) is 0 Å². The number of alkyl halides is 2. The van der Waals surface area contributed by atoms with Crippen molar-refractivity contribution in [2.45, 2.75) is 6.43 Å². The van der Waals surface area contributed by atoms with Crippen molar-refractivity contribution in [1.82, 2.24) is 4.98 Å². The van der Waals surface area contributed by atoms with Crippen molar-refractivity contribution in [3.63, 3.8) is 0 Å². The van der Waals surface area contributed by atoms with Gasteiger partial charge in [-0.15, -0.1) is 0 Å². The lowest BCUT2D eigenvalue weighted by molar-refractivity contribution is 0.0588. The van der Waals surface area contributed by atoms with Crippen molar-refractivity contribution in [3.8, 4) is 0 Å². The molecule has 0 aliphatic carbocycles. The van der Waals surface area contributed by atoms with Crippen molar-refractivity contribution < 1.29 is 22.7 Å². The fraction of sp³-hybridized carbons (Fsp3) is 0.250. The van der Waals surface area contributed by atoms with Gasteiger partial charge in [-0.25, -0.2) is 18.6 Å². The third-order valence-corrected chi connectivity index (χ3v) is 2.66. The van der Waals surface area contributed by atoms with Gasteiger partial charge >= 0.3 is 5.97 Å². The summed E-state index contributed by atoms with van der Waals surface area (Å²) in [5.41, 5.74) is -1.10. The van der Waals surface area contributed by atoms with Crippen LogP contribution in [-0.2, 0) is 4.74 Å². The molecule has 0 spiro atoms. The Morgan fingerprint density at radius 1 is 1.60 bits per heavy atom. The summed E-state index contributed by atoms with van der Waals surface area (Å²) in [5, 5.41) is 0. The molecule has 15 heavy (non-hydrogen) atoms. The number of rotatable bonds is 2. The van der Waals surface area contributed by atoms with E-state index in [1.165, 1.54) is 22.6 Å². The third-order valence-electron chi connectivity index (χ3n) is 1.64. The highest BCUT2D eigenvalue weighted by atomic mass is 127. The first-order valence-corrected chi connectivity index (χ1v) is 4.77. The van der Waals surface area contributed by atoms with Crippen LogP contribution in [0.4, 0.5) is 13.2 Å². The van der Waals surface area contributed by atoms with Gasteiger partial charge in [0.25, 0.3) is 6.43 Å². The summed E-state index contributed by atoms with van der Waals surface area (Å²) in [5.74, 6) is -1.99. The molecular formula is C8H5F3INO2. The molecule has 3 nitrogen and oxygen atoms in total. The second-order valence-electron chi connectivity index (χ2n) is 2.48. The highest BCUT2D eigenvalue weighted by Gasteiger charge is 2.24. The minimum atomic E-state index is -2.96. The van der Waals surface area contributed by atoms with Crippen molar-refractivity contribution >= 4 is 28.6 Å². The van der Waals surface area contributed by atoms with Crippen LogP contribution >= 0.6 is 22.6 Å². The first-order valence-electron chi connectivity index (χ1n) is 3.69. The van der Waals surface area contributed by atoms with Gasteiger partial charge in [0.1, 0.15) is 0 Å². The molecule has 0 saturated heterocycles. The Hall–Kier alpha value is -0.860. The van der Waals surface area contributed by atoms with Crippen LogP contribution in [0.5, 0.6) is 0 Å². The van der Waals surface area contributed by atoms with Crippen LogP contribution in [-0.4, -0.2) is 18.1 Å². The number of pyridine rings is 1. The predicted molar refractivity (Wildman–Crippen MR) is 53.2 cm³/mol. The summed E-state index contributed by atoms with van der Waals surface area (Å²) < 4.78 is 41.9. The standard InChI is InChI=1S/C8H5F3INO2/c1-15-8(14)3-2-13-7(11)5(12)4(3)6(9)10/h2,6H,1H3. The number of carbonyl (C=O) groups excluding carboxylic acids is 1. The van der Waals surface area contributed by atoms with E-state index >= 15 is 0 Å². The molecule has 7 heteroatoms. The Bertz CT molecular complexity index is 398. The monoisotopic (exact) mass is 331 g/mol. The van der Waals surface area contributed by atoms with E-state index in [0.29, 0.717) is 0 Å². The molecule has 0 radical (unpaired) electrons. The zero-order chi connectivity index (χ0) is 11.6. The number of hydrogen-bond donors (Lipinski definition) is 0. The summed E-state index contributed by atoms with van der Waals surface area (Å²) >= 11 is 1.37. The fourth-order valence-electron chi connectivity index (χ4n) is 0.963. The predicted octanol–water partition coefficient (Wildman–Crippen LogP) is 2.55. The van der Waals surface area contributed by atoms with E-state index in [1.807, 2.05) is 0 Å². The van der Waals surface area contributed by atoms with E-state index in [0.717, 1.165) is 13.3 Å². The average Bonchev–Trinajstić information content (AvgIpc) is 2.20. The summed E-state index contributed by atoms with van der Waals surface area (Å²) in [6.07, 6.45) is -2.21. The SMILES string of the molecule is COC(=O)c1cnc(F)c(I)c1C(F)F. The van der Waals surface area contributed by atoms with Gasteiger partial charge < -0.3 is 4.74 Å². The molecule has 1 heterocycles. The number of carbonyl (C=O) groups is 1. The van der Waals surface area contributed by atoms with Gasteiger partial charge in [0.15, 0.2) is 0 Å². The molecule has 1 rings (SSSR count). The van der Waals surface area contributed by atoms with Crippen LogP contribution in [0, 0.1) is 9.52 Å². The average molecular weight is 331 g/mol. The van der Waals surface area contributed by atoms with Gasteiger partial charge in [0.05, 0.1) is 21.8 Å². The Balaban J connectivity index is 3.40. The number of nitrogens with zero attached hydrogens (tertiary/aromatic N) is 1. The van der Waals surface area contributed by atoms with Crippen LogP contribution in [0.15, 0.2) is 6.20 Å². The number of aromatic nitrogens is 1. The van der Waals surface area contributed by atoms with E-state index in [2.05, 4.69) is 9.72 Å². The number of halogens is 4. The molecule has 0 amide bonds. The van der Waals surface area contributed by atoms with E-state index < -0.39 is 29.5 Å². The first kappa shape index (κ1) is 12.2. The van der Waals surface area contributed by atoms with E-state index in [1.54, 1.807) is 0 Å². The second-order valence-corrected chi connectivity index (χ2v) is 3.56. The van der Waals surface area contributed by atoms with Crippen molar-refractivity contribution in [1.29, 1.82) is 0 Å². The lowest BCUT2D eigenvalue weighted by Gasteiger charge is -2.08. The van der Waals surface area contributed by atoms with Gasteiger partial charge in [0, 0.05) is 6.20 Å². The highest BCUT2D eigenvalue weighted by Crippen LogP contribution is 2.29. The zero-order valence-corrected chi connectivity index (χ0v) is 9.59. The van der Waals surface area contributed by atoms with Gasteiger partial charge in [-0.1, -0.05) is 0 Å². The highest BCUT2D eigenvalue weighted by molar-refractivity contribution is 14.1.